The quantitative estimate of drug-likeness (QED) is 0.874. The first-order valence-electron chi connectivity index (χ1n) is 5.23. The van der Waals surface area contributed by atoms with Crippen LogP contribution in [0.3, 0.4) is 0 Å². The number of rotatable bonds is 4. The second-order valence-electron chi connectivity index (χ2n) is 3.54. The molecule has 2 nitrogen and oxygen atoms in total. The van der Waals surface area contributed by atoms with E-state index in [0.29, 0.717) is 0 Å². The number of nitrogens with one attached hydrogen (secondary N) is 1. The highest BCUT2D eigenvalue weighted by atomic mass is 35.5. The predicted octanol–water partition coefficient (Wildman–Crippen LogP) is 3.39. The van der Waals surface area contributed by atoms with Crippen molar-refractivity contribution in [3.8, 4) is 0 Å². The van der Waals surface area contributed by atoms with Crippen LogP contribution in [0.1, 0.15) is 5.56 Å². The van der Waals surface area contributed by atoms with E-state index in [9.17, 15) is 0 Å². The van der Waals surface area contributed by atoms with Crippen LogP contribution in [0, 0.1) is 0 Å². The minimum Gasteiger partial charge on any atom is -0.385 e. The molecule has 0 atom stereocenters. The fourth-order valence-corrected chi connectivity index (χ4v) is 1.59. The molecule has 0 saturated heterocycles. The van der Waals surface area contributed by atoms with E-state index in [4.69, 9.17) is 11.6 Å². The molecule has 0 unspecified atom stereocenters. The number of benzene rings is 1. The van der Waals surface area contributed by atoms with Gasteiger partial charge in [-0.2, -0.15) is 0 Å². The third-order valence-corrected chi connectivity index (χ3v) is 2.59. The van der Waals surface area contributed by atoms with E-state index in [1.165, 1.54) is 5.56 Å². The lowest BCUT2D eigenvalue weighted by Crippen LogP contribution is -2.04. The van der Waals surface area contributed by atoms with Gasteiger partial charge in [0.1, 0.15) is 0 Å². The Labute approximate surface area is 100 Å². The molecule has 0 aliphatic heterocycles. The van der Waals surface area contributed by atoms with Gasteiger partial charge in [0.05, 0.1) is 0 Å². The largest absolute Gasteiger partial charge is 0.385 e. The smallest absolute Gasteiger partial charge is 0.0407 e. The first-order chi connectivity index (χ1) is 7.84. The van der Waals surface area contributed by atoms with Crippen molar-refractivity contribution >= 4 is 17.3 Å². The SMILES string of the molecule is Clc1ccc(NCCc2ccncc2)cc1. The second-order valence-corrected chi connectivity index (χ2v) is 3.98. The average molecular weight is 233 g/mol. The third-order valence-electron chi connectivity index (χ3n) is 2.34. The number of anilines is 1. The van der Waals surface area contributed by atoms with Gasteiger partial charge >= 0.3 is 0 Å². The van der Waals surface area contributed by atoms with Crippen LogP contribution >= 0.6 is 11.6 Å². The van der Waals surface area contributed by atoms with Crippen molar-refractivity contribution in [1.82, 2.24) is 4.98 Å². The lowest BCUT2D eigenvalue weighted by molar-refractivity contribution is 1.01. The molecule has 0 bridgehead atoms. The highest BCUT2D eigenvalue weighted by molar-refractivity contribution is 6.30. The Morgan fingerprint density at radius 2 is 1.69 bits per heavy atom. The summed E-state index contributed by atoms with van der Waals surface area (Å²) < 4.78 is 0. The van der Waals surface area contributed by atoms with Gasteiger partial charge in [0.25, 0.3) is 0 Å². The normalized spacial score (nSPS) is 10.1. The molecule has 16 heavy (non-hydrogen) atoms. The first kappa shape index (κ1) is 11.0. The highest BCUT2D eigenvalue weighted by Gasteiger charge is 1.93. The van der Waals surface area contributed by atoms with Crippen LogP contribution in [-0.2, 0) is 6.42 Å². The molecule has 0 spiro atoms. The number of halogens is 1. The fourth-order valence-electron chi connectivity index (χ4n) is 1.47. The summed E-state index contributed by atoms with van der Waals surface area (Å²) in [4.78, 5) is 3.99. The van der Waals surface area contributed by atoms with Crippen LogP contribution in [0.5, 0.6) is 0 Å². The minimum absolute atomic E-state index is 0.764. The summed E-state index contributed by atoms with van der Waals surface area (Å²) in [5.41, 5.74) is 2.38. The van der Waals surface area contributed by atoms with Crippen molar-refractivity contribution in [2.75, 3.05) is 11.9 Å². The molecule has 1 heterocycles. The van der Waals surface area contributed by atoms with Gasteiger partial charge in [-0.3, -0.25) is 4.98 Å². The number of nitrogens with zero attached hydrogens (tertiary/aromatic N) is 1. The summed E-state index contributed by atoms with van der Waals surface area (Å²) in [5, 5.41) is 4.10. The van der Waals surface area contributed by atoms with Crippen LogP contribution in [-0.4, -0.2) is 11.5 Å². The molecule has 82 valence electrons. The molecule has 1 aromatic carbocycles. The van der Waals surface area contributed by atoms with Crippen molar-refractivity contribution in [1.29, 1.82) is 0 Å². The van der Waals surface area contributed by atoms with Gasteiger partial charge in [-0.15, -0.1) is 0 Å². The Kier molecular flexibility index (Phi) is 3.78. The van der Waals surface area contributed by atoms with E-state index in [-0.39, 0.29) is 0 Å². The van der Waals surface area contributed by atoms with Crippen molar-refractivity contribution in [2.24, 2.45) is 0 Å². The monoisotopic (exact) mass is 232 g/mol. The molecular formula is C13H13ClN2. The van der Waals surface area contributed by atoms with Crippen molar-refractivity contribution < 1.29 is 0 Å². The number of aromatic nitrogens is 1. The average Bonchev–Trinajstić information content (AvgIpc) is 2.33. The molecule has 0 fully saturated rings. The maximum atomic E-state index is 5.81. The molecule has 3 heteroatoms. The second kappa shape index (κ2) is 5.52. The lowest BCUT2D eigenvalue weighted by Gasteiger charge is -2.06. The third kappa shape index (κ3) is 3.24. The molecule has 0 amide bonds. The minimum atomic E-state index is 0.764. The van der Waals surface area contributed by atoms with Gasteiger partial charge in [-0.05, 0) is 48.4 Å². The van der Waals surface area contributed by atoms with E-state index in [1.54, 1.807) is 0 Å². The highest BCUT2D eigenvalue weighted by Crippen LogP contribution is 2.13. The maximum absolute atomic E-state index is 5.81. The Morgan fingerprint density at radius 3 is 2.38 bits per heavy atom. The fraction of sp³-hybridized carbons (Fsp3) is 0.154. The summed E-state index contributed by atoms with van der Waals surface area (Å²) in [5.74, 6) is 0. The van der Waals surface area contributed by atoms with E-state index in [2.05, 4.69) is 10.3 Å². The van der Waals surface area contributed by atoms with Gasteiger partial charge in [-0.25, -0.2) is 0 Å². The molecule has 2 aromatic rings. The van der Waals surface area contributed by atoms with Crippen LogP contribution in [0.25, 0.3) is 0 Å². The van der Waals surface area contributed by atoms with Gasteiger partial charge in [-0.1, -0.05) is 11.6 Å². The summed E-state index contributed by atoms with van der Waals surface area (Å²) in [6, 6.07) is 11.8. The summed E-state index contributed by atoms with van der Waals surface area (Å²) in [6.45, 7) is 0.908. The standard InChI is InChI=1S/C13H13ClN2/c14-12-1-3-13(4-2-12)16-10-7-11-5-8-15-9-6-11/h1-6,8-9,16H,7,10H2. The van der Waals surface area contributed by atoms with Crippen LogP contribution in [0.4, 0.5) is 5.69 Å². The summed E-state index contributed by atoms with van der Waals surface area (Å²) in [6.07, 6.45) is 4.63. The Morgan fingerprint density at radius 1 is 1.00 bits per heavy atom. The van der Waals surface area contributed by atoms with Crippen LogP contribution < -0.4 is 5.32 Å². The molecule has 0 radical (unpaired) electrons. The maximum Gasteiger partial charge on any atom is 0.0407 e. The van der Waals surface area contributed by atoms with Crippen molar-refractivity contribution in [2.45, 2.75) is 6.42 Å². The molecule has 2 rings (SSSR count). The van der Waals surface area contributed by atoms with Gasteiger partial charge in [0, 0.05) is 29.6 Å². The van der Waals surface area contributed by atoms with E-state index >= 15 is 0 Å². The summed E-state index contributed by atoms with van der Waals surface area (Å²) >= 11 is 5.81. The lowest BCUT2D eigenvalue weighted by atomic mass is 10.2. The molecule has 1 aromatic heterocycles. The van der Waals surface area contributed by atoms with Crippen LogP contribution in [0.15, 0.2) is 48.8 Å². The van der Waals surface area contributed by atoms with Gasteiger partial charge in [0.2, 0.25) is 0 Å². The first-order valence-corrected chi connectivity index (χ1v) is 5.61. The molecular weight excluding hydrogens is 220 g/mol. The Hall–Kier alpha value is -1.54. The zero-order chi connectivity index (χ0) is 11.2. The molecule has 0 saturated carbocycles. The number of pyridine rings is 1. The molecule has 1 N–H and O–H groups in total. The topological polar surface area (TPSA) is 24.9 Å². The molecule has 0 aliphatic carbocycles. The summed E-state index contributed by atoms with van der Waals surface area (Å²) in [7, 11) is 0. The Bertz CT molecular complexity index is 425. The zero-order valence-corrected chi connectivity index (χ0v) is 9.61. The van der Waals surface area contributed by atoms with Crippen molar-refractivity contribution in [3.63, 3.8) is 0 Å². The van der Waals surface area contributed by atoms with E-state index in [0.717, 1.165) is 23.7 Å². The van der Waals surface area contributed by atoms with Crippen molar-refractivity contribution in [3.05, 3.63) is 59.4 Å². The zero-order valence-electron chi connectivity index (χ0n) is 8.86. The van der Waals surface area contributed by atoms with Crippen LogP contribution in [0.2, 0.25) is 5.02 Å². The van der Waals surface area contributed by atoms with Gasteiger partial charge < -0.3 is 5.32 Å². The van der Waals surface area contributed by atoms with E-state index in [1.807, 2.05) is 48.8 Å². The Balaban J connectivity index is 1.82. The molecule has 0 aliphatic rings. The number of hydrogen-bond acceptors (Lipinski definition) is 2. The number of hydrogen-bond donors (Lipinski definition) is 1. The van der Waals surface area contributed by atoms with Gasteiger partial charge in [0.15, 0.2) is 0 Å². The predicted molar refractivity (Wildman–Crippen MR) is 67.9 cm³/mol. The van der Waals surface area contributed by atoms with E-state index < -0.39 is 0 Å².